The first kappa shape index (κ1) is 17.9. The number of piperidine rings is 1. The van der Waals surface area contributed by atoms with Crippen molar-refractivity contribution in [3.63, 3.8) is 0 Å². The van der Waals surface area contributed by atoms with E-state index in [4.69, 9.17) is 14.2 Å². The lowest BCUT2D eigenvalue weighted by molar-refractivity contribution is 0.0640. The van der Waals surface area contributed by atoms with Crippen molar-refractivity contribution in [1.82, 2.24) is 9.80 Å². The Morgan fingerprint density at radius 1 is 0.920 bits per heavy atom. The van der Waals surface area contributed by atoms with E-state index < -0.39 is 0 Å². The maximum absolute atomic E-state index is 13.0. The number of likely N-dealkylation sites (tertiary alicyclic amines) is 2. The third-order valence-corrected chi connectivity index (χ3v) is 5.34. The highest BCUT2D eigenvalue weighted by molar-refractivity contribution is 5.98. The van der Waals surface area contributed by atoms with Gasteiger partial charge in [-0.3, -0.25) is 4.79 Å². The van der Waals surface area contributed by atoms with E-state index in [1.54, 1.807) is 33.5 Å². The van der Waals surface area contributed by atoms with E-state index in [1.165, 1.54) is 25.9 Å². The van der Waals surface area contributed by atoms with Crippen LogP contribution in [-0.2, 0) is 0 Å². The average Bonchev–Trinajstić information content (AvgIpc) is 3.21. The molecule has 0 N–H and O–H groups in total. The van der Waals surface area contributed by atoms with Crippen molar-refractivity contribution in [3.05, 3.63) is 17.7 Å². The lowest BCUT2D eigenvalue weighted by Crippen LogP contribution is -2.46. The van der Waals surface area contributed by atoms with Crippen LogP contribution in [0.25, 0.3) is 0 Å². The topological polar surface area (TPSA) is 51.2 Å². The highest BCUT2D eigenvalue weighted by atomic mass is 16.5. The lowest BCUT2D eigenvalue weighted by Gasteiger charge is -2.36. The summed E-state index contributed by atoms with van der Waals surface area (Å²) in [5, 5.41) is 0. The van der Waals surface area contributed by atoms with Crippen molar-refractivity contribution in [2.24, 2.45) is 0 Å². The van der Waals surface area contributed by atoms with Crippen LogP contribution in [0.3, 0.4) is 0 Å². The standard InChI is InChI=1S/C19H28N2O4/c1-23-16-7-6-15(17(24-2)18(16)25-3)19(22)21-12-8-14(9-13-21)20-10-4-5-11-20/h6-7,14H,4-5,8-13H2,1-3H3. The van der Waals surface area contributed by atoms with Crippen molar-refractivity contribution < 1.29 is 19.0 Å². The fourth-order valence-electron chi connectivity index (χ4n) is 3.98. The molecule has 3 rings (SSSR count). The van der Waals surface area contributed by atoms with Crippen LogP contribution in [0.4, 0.5) is 0 Å². The van der Waals surface area contributed by atoms with Gasteiger partial charge in [0.2, 0.25) is 5.75 Å². The Morgan fingerprint density at radius 3 is 2.12 bits per heavy atom. The Hall–Kier alpha value is -1.95. The monoisotopic (exact) mass is 348 g/mol. The summed E-state index contributed by atoms with van der Waals surface area (Å²) in [4.78, 5) is 17.5. The summed E-state index contributed by atoms with van der Waals surface area (Å²) < 4.78 is 16.2. The minimum Gasteiger partial charge on any atom is -0.493 e. The molecule has 25 heavy (non-hydrogen) atoms. The van der Waals surface area contributed by atoms with Crippen LogP contribution in [0.2, 0.25) is 0 Å². The van der Waals surface area contributed by atoms with E-state index in [0.29, 0.717) is 28.9 Å². The van der Waals surface area contributed by atoms with Gasteiger partial charge in [0.05, 0.1) is 26.9 Å². The molecule has 0 atom stereocenters. The number of amides is 1. The Kier molecular flexibility index (Phi) is 5.68. The van der Waals surface area contributed by atoms with Crippen LogP contribution >= 0.6 is 0 Å². The van der Waals surface area contributed by atoms with E-state index in [0.717, 1.165) is 25.9 Å². The molecule has 0 aliphatic carbocycles. The maximum Gasteiger partial charge on any atom is 0.257 e. The van der Waals surface area contributed by atoms with Crippen molar-refractivity contribution in [3.8, 4) is 17.2 Å². The van der Waals surface area contributed by atoms with Crippen LogP contribution in [0, 0.1) is 0 Å². The molecule has 0 radical (unpaired) electrons. The highest BCUT2D eigenvalue weighted by Crippen LogP contribution is 2.40. The van der Waals surface area contributed by atoms with Gasteiger partial charge in [-0.2, -0.15) is 0 Å². The summed E-state index contributed by atoms with van der Waals surface area (Å²) >= 11 is 0. The average molecular weight is 348 g/mol. The summed E-state index contributed by atoms with van der Waals surface area (Å²) in [6.45, 7) is 4.00. The lowest BCUT2D eigenvalue weighted by atomic mass is 10.0. The molecule has 2 saturated heterocycles. The van der Waals surface area contributed by atoms with Gasteiger partial charge in [0, 0.05) is 19.1 Å². The second-order valence-electron chi connectivity index (χ2n) is 6.65. The minimum absolute atomic E-state index is 0.00215. The molecule has 0 bridgehead atoms. The smallest absolute Gasteiger partial charge is 0.257 e. The Labute approximate surface area is 149 Å². The van der Waals surface area contributed by atoms with Gasteiger partial charge < -0.3 is 24.0 Å². The molecule has 0 saturated carbocycles. The van der Waals surface area contributed by atoms with Gasteiger partial charge in [0.25, 0.3) is 5.91 Å². The number of methoxy groups -OCH3 is 3. The minimum atomic E-state index is -0.00215. The van der Waals surface area contributed by atoms with Gasteiger partial charge in [-0.15, -0.1) is 0 Å². The van der Waals surface area contributed by atoms with Crippen LogP contribution in [0.15, 0.2) is 12.1 Å². The predicted molar refractivity (Wildman–Crippen MR) is 95.8 cm³/mol. The highest BCUT2D eigenvalue weighted by Gasteiger charge is 2.30. The molecule has 6 nitrogen and oxygen atoms in total. The number of carbonyl (C=O) groups excluding carboxylic acids is 1. The number of hydrogen-bond acceptors (Lipinski definition) is 5. The van der Waals surface area contributed by atoms with Gasteiger partial charge >= 0.3 is 0 Å². The van der Waals surface area contributed by atoms with Gasteiger partial charge in [-0.25, -0.2) is 0 Å². The molecular weight excluding hydrogens is 320 g/mol. The number of nitrogens with zero attached hydrogens (tertiary/aromatic N) is 2. The molecule has 2 aliphatic heterocycles. The molecule has 2 fully saturated rings. The van der Waals surface area contributed by atoms with Gasteiger partial charge in [-0.1, -0.05) is 0 Å². The molecule has 1 aromatic carbocycles. The van der Waals surface area contributed by atoms with Crippen molar-refractivity contribution >= 4 is 5.91 Å². The molecule has 1 amide bonds. The molecule has 6 heteroatoms. The molecule has 0 spiro atoms. The number of carbonyl (C=O) groups is 1. The van der Waals surface area contributed by atoms with Crippen LogP contribution in [-0.4, -0.2) is 69.3 Å². The van der Waals surface area contributed by atoms with E-state index in [1.807, 2.05) is 4.90 Å². The van der Waals surface area contributed by atoms with Gasteiger partial charge in [-0.05, 0) is 50.9 Å². The van der Waals surface area contributed by atoms with Crippen LogP contribution in [0.1, 0.15) is 36.0 Å². The Bertz CT molecular complexity index is 606. The number of benzene rings is 1. The van der Waals surface area contributed by atoms with Crippen molar-refractivity contribution in [2.75, 3.05) is 47.5 Å². The number of hydrogen-bond donors (Lipinski definition) is 0. The third kappa shape index (κ3) is 3.54. The summed E-state index contributed by atoms with van der Waals surface area (Å²) in [7, 11) is 4.67. The second kappa shape index (κ2) is 7.95. The summed E-state index contributed by atoms with van der Waals surface area (Å²) in [5.41, 5.74) is 0.528. The third-order valence-electron chi connectivity index (χ3n) is 5.34. The van der Waals surface area contributed by atoms with Crippen molar-refractivity contribution in [1.29, 1.82) is 0 Å². The van der Waals surface area contributed by atoms with Crippen LogP contribution in [0.5, 0.6) is 17.2 Å². The molecule has 2 heterocycles. The fraction of sp³-hybridized carbons (Fsp3) is 0.632. The summed E-state index contributed by atoms with van der Waals surface area (Å²) in [6.07, 6.45) is 4.70. The van der Waals surface area contributed by atoms with E-state index in [-0.39, 0.29) is 5.91 Å². The Morgan fingerprint density at radius 2 is 1.56 bits per heavy atom. The SMILES string of the molecule is COc1ccc(C(=O)N2CCC(N3CCCC3)CC2)c(OC)c1OC. The van der Waals surface area contributed by atoms with Crippen LogP contribution < -0.4 is 14.2 Å². The van der Waals surface area contributed by atoms with Gasteiger partial charge in [0.1, 0.15) is 0 Å². The molecular formula is C19H28N2O4. The largest absolute Gasteiger partial charge is 0.493 e. The van der Waals surface area contributed by atoms with Crippen molar-refractivity contribution in [2.45, 2.75) is 31.7 Å². The number of ether oxygens (including phenoxy) is 3. The fourth-order valence-corrected chi connectivity index (χ4v) is 3.98. The summed E-state index contributed by atoms with van der Waals surface area (Å²) in [6, 6.07) is 4.14. The second-order valence-corrected chi connectivity index (χ2v) is 6.65. The van der Waals surface area contributed by atoms with E-state index >= 15 is 0 Å². The zero-order valence-electron chi connectivity index (χ0n) is 15.4. The normalized spacial score (nSPS) is 19.1. The molecule has 0 unspecified atom stereocenters. The zero-order chi connectivity index (χ0) is 17.8. The zero-order valence-corrected chi connectivity index (χ0v) is 15.4. The quantitative estimate of drug-likeness (QED) is 0.818. The molecule has 1 aromatic rings. The predicted octanol–water partition coefficient (Wildman–Crippen LogP) is 2.41. The molecule has 2 aliphatic rings. The van der Waals surface area contributed by atoms with E-state index in [9.17, 15) is 4.79 Å². The first-order chi connectivity index (χ1) is 12.2. The first-order valence-electron chi connectivity index (χ1n) is 9.02. The van der Waals surface area contributed by atoms with E-state index in [2.05, 4.69) is 4.90 Å². The Balaban J connectivity index is 1.73. The maximum atomic E-state index is 13.0. The number of rotatable bonds is 5. The summed E-state index contributed by atoms with van der Waals surface area (Å²) in [5.74, 6) is 1.46. The first-order valence-corrected chi connectivity index (χ1v) is 9.02. The van der Waals surface area contributed by atoms with Gasteiger partial charge in [0.15, 0.2) is 11.5 Å². The molecule has 138 valence electrons. The molecule has 0 aromatic heterocycles.